The van der Waals surface area contributed by atoms with Gasteiger partial charge in [0.05, 0.1) is 43.9 Å². The van der Waals surface area contributed by atoms with Gasteiger partial charge < -0.3 is 24.7 Å². The Balaban J connectivity index is 0.00000306. The van der Waals surface area contributed by atoms with Crippen molar-refractivity contribution in [3.63, 3.8) is 0 Å². The van der Waals surface area contributed by atoms with E-state index in [1.807, 2.05) is 37.4 Å². The second kappa shape index (κ2) is 12.2. The topological polar surface area (TPSA) is 75.9 Å². The molecule has 1 aromatic heterocycles. The fourth-order valence-corrected chi connectivity index (χ4v) is 4.10. The number of rotatable bonds is 7. The lowest BCUT2D eigenvalue weighted by molar-refractivity contribution is 0.0170. The first-order valence-corrected chi connectivity index (χ1v) is 11.0. The summed E-state index contributed by atoms with van der Waals surface area (Å²) < 4.78 is 13.0. The Kier molecular flexibility index (Phi) is 9.33. The molecular formula is C24H33IN6O2. The number of hydrogen-bond donors (Lipinski definition) is 2. The third kappa shape index (κ3) is 6.15. The van der Waals surface area contributed by atoms with Crippen LogP contribution in [0.3, 0.4) is 0 Å². The van der Waals surface area contributed by atoms with Crippen LogP contribution in [0.5, 0.6) is 5.75 Å². The lowest BCUT2D eigenvalue weighted by Gasteiger charge is -2.35. The van der Waals surface area contributed by atoms with Crippen molar-refractivity contribution >= 4 is 41.0 Å². The molecule has 4 rings (SSSR count). The van der Waals surface area contributed by atoms with Crippen LogP contribution in [0.15, 0.2) is 53.5 Å². The van der Waals surface area contributed by atoms with Crippen molar-refractivity contribution in [2.24, 2.45) is 12.0 Å². The molecule has 0 radical (unpaired) electrons. The number of halogens is 1. The van der Waals surface area contributed by atoms with Gasteiger partial charge in [-0.1, -0.05) is 24.3 Å². The molecule has 2 N–H and O–H groups in total. The van der Waals surface area contributed by atoms with Crippen LogP contribution in [-0.4, -0.2) is 67.4 Å². The summed E-state index contributed by atoms with van der Waals surface area (Å²) in [6, 6.07) is 16.7. The van der Waals surface area contributed by atoms with Crippen LogP contribution in [-0.2, 0) is 18.3 Å². The van der Waals surface area contributed by atoms with Gasteiger partial charge >= 0.3 is 0 Å². The molecule has 0 saturated carbocycles. The minimum atomic E-state index is 0. The Morgan fingerprint density at radius 2 is 1.85 bits per heavy atom. The zero-order valence-corrected chi connectivity index (χ0v) is 21.8. The fourth-order valence-electron chi connectivity index (χ4n) is 4.10. The van der Waals surface area contributed by atoms with Crippen LogP contribution >= 0.6 is 24.0 Å². The highest BCUT2D eigenvalue weighted by atomic mass is 127. The molecule has 3 aromatic rings. The van der Waals surface area contributed by atoms with E-state index < -0.39 is 0 Å². The number of aliphatic imine (C=N–C) groups is 1. The van der Waals surface area contributed by atoms with E-state index in [9.17, 15) is 0 Å². The van der Waals surface area contributed by atoms with Gasteiger partial charge in [0.2, 0.25) is 0 Å². The number of hydrogen-bond acceptors (Lipinski definition) is 5. The molecule has 0 aliphatic carbocycles. The Morgan fingerprint density at radius 3 is 2.52 bits per heavy atom. The maximum absolute atomic E-state index is 5.57. The highest BCUT2D eigenvalue weighted by Crippen LogP contribution is 2.23. The molecular weight excluding hydrogens is 531 g/mol. The number of guanidine groups is 1. The van der Waals surface area contributed by atoms with Crippen molar-refractivity contribution < 1.29 is 9.47 Å². The monoisotopic (exact) mass is 564 g/mol. The summed E-state index contributed by atoms with van der Waals surface area (Å²) in [4.78, 5) is 11.6. The van der Waals surface area contributed by atoms with Crippen LogP contribution in [0.25, 0.3) is 11.0 Å². The molecule has 0 spiro atoms. The van der Waals surface area contributed by atoms with Gasteiger partial charge in [0.1, 0.15) is 11.6 Å². The standard InChI is InChI=1S/C24H32N6O2.HI/c1-25-24(27-17-23-28-20-6-4-5-7-21(20)29(23)2)26-16-22(30-12-14-32-15-13-30)18-8-10-19(31-3)11-9-18;/h4-11,22H,12-17H2,1-3H3,(H2,25,26,27);1H. The third-order valence-corrected chi connectivity index (χ3v) is 5.97. The van der Waals surface area contributed by atoms with Crippen molar-refractivity contribution in [3.05, 3.63) is 59.9 Å². The Morgan fingerprint density at radius 1 is 1.12 bits per heavy atom. The number of aryl methyl sites for hydroxylation is 1. The van der Waals surface area contributed by atoms with E-state index in [1.165, 1.54) is 5.56 Å². The third-order valence-electron chi connectivity index (χ3n) is 5.97. The normalized spacial score (nSPS) is 15.7. The van der Waals surface area contributed by atoms with Gasteiger partial charge in [-0.15, -0.1) is 24.0 Å². The number of morpholine rings is 1. The van der Waals surface area contributed by atoms with Crippen LogP contribution in [0.2, 0.25) is 0 Å². The molecule has 0 bridgehead atoms. The lowest BCUT2D eigenvalue weighted by Crippen LogP contribution is -2.46. The summed E-state index contributed by atoms with van der Waals surface area (Å²) in [6.45, 7) is 4.65. The summed E-state index contributed by atoms with van der Waals surface area (Å²) in [7, 11) is 5.53. The first-order valence-electron chi connectivity index (χ1n) is 11.0. The minimum absolute atomic E-state index is 0. The van der Waals surface area contributed by atoms with E-state index in [0.29, 0.717) is 6.54 Å². The zero-order chi connectivity index (χ0) is 22.3. The fraction of sp³-hybridized carbons (Fsp3) is 0.417. The first kappa shape index (κ1) is 25.3. The van der Waals surface area contributed by atoms with Gasteiger partial charge in [-0.05, 0) is 29.8 Å². The maximum atomic E-state index is 5.57. The molecule has 1 unspecified atom stereocenters. The average molecular weight is 564 g/mol. The van der Waals surface area contributed by atoms with Crippen molar-refractivity contribution in [3.8, 4) is 5.75 Å². The zero-order valence-electron chi connectivity index (χ0n) is 19.5. The second-order valence-electron chi connectivity index (χ2n) is 7.82. The molecule has 178 valence electrons. The molecule has 1 aliphatic rings. The van der Waals surface area contributed by atoms with Gasteiger partial charge in [-0.3, -0.25) is 9.89 Å². The number of benzene rings is 2. The molecule has 1 aliphatic heterocycles. The van der Waals surface area contributed by atoms with Gasteiger partial charge in [0, 0.05) is 33.7 Å². The SMILES string of the molecule is CN=C(NCc1nc2ccccc2n1C)NCC(c1ccc(OC)cc1)N1CCOCC1.I. The van der Waals surface area contributed by atoms with E-state index >= 15 is 0 Å². The number of nitrogens with one attached hydrogen (secondary N) is 2. The highest BCUT2D eigenvalue weighted by Gasteiger charge is 2.23. The van der Waals surface area contributed by atoms with Gasteiger partial charge in [0.15, 0.2) is 5.96 Å². The second-order valence-corrected chi connectivity index (χ2v) is 7.82. The molecule has 1 fully saturated rings. The smallest absolute Gasteiger partial charge is 0.191 e. The maximum Gasteiger partial charge on any atom is 0.191 e. The summed E-state index contributed by atoms with van der Waals surface area (Å²) >= 11 is 0. The van der Waals surface area contributed by atoms with E-state index in [-0.39, 0.29) is 30.0 Å². The summed E-state index contributed by atoms with van der Waals surface area (Å²) in [5, 5.41) is 6.91. The molecule has 8 nitrogen and oxygen atoms in total. The largest absolute Gasteiger partial charge is 0.497 e. The van der Waals surface area contributed by atoms with E-state index in [2.05, 4.69) is 43.3 Å². The van der Waals surface area contributed by atoms with Crippen LogP contribution in [0, 0.1) is 0 Å². The van der Waals surface area contributed by atoms with Gasteiger partial charge in [-0.2, -0.15) is 0 Å². The van der Waals surface area contributed by atoms with Crippen LogP contribution < -0.4 is 15.4 Å². The summed E-state index contributed by atoms with van der Waals surface area (Å²) in [6.07, 6.45) is 0. The molecule has 9 heteroatoms. The predicted molar refractivity (Wildman–Crippen MR) is 142 cm³/mol. The van der Waals surface area contributed by atoms with Gasteiger partial charge in [0.25, 0.3) is 0 Å². The number of methoxy groups -OCH3 is 1. The number of para-hydroxylation sites is 2. The van der Waals surface area contributed by atoms with E-state index in [0.717, 1.165) is 61.4 Å². The predicted octanol–water partition coefficient (Wildman–Crippen LogP) is 2.94. The Labute approximate surface area is 212 Å². The Bertz CT molecular complexity index is 1050. The highest BCUT2D eigenvalue weighted by molar-refractivity contribution is 14.0. The van der Waals surface area contributed by atoms with Crippen molar-refractivity contribution in [1.29, 1.82) is 0 Å². The van der Waals surface area contributed by atoms with E-state index in [1.54, 1.807) is 14.2 Å². The van der Waals surface area contributed by atoms with Crippen LogP contribution in [0.1, 0.15) is 17.4 Å². The summed E-state index contributed by atoms with van der Waals surface area (Å²) in [5.41, 5.74) is 3.37. The average Bonchev–Trinajstić information content (AvgIpc) is 3.17. The number of nitrogens with zero attached hydrogens (tertiary/aromatic N) is 4. The van der Waals surface area contributed by atoms with Crippen molar-refractivity contribution in [1.82, 2.24) is 25.1 Å². The van der Waals surface area contributed by atoms with Crippen molar-refractivity contribution in [2.75, 3.05) is 47.0 Å². The quantitative estimate of drug-likeness (QED) is 0.261. The number of fused-ring (bicyclic) bond motifs is 1. The molecule has 2 aromatic carbocycles. The van der Waals surface area contributed by atoms with E-state index in [4.69, 9.17) is 14.5 Å². The number of ether oxygens (including phenoxy) is 2. The number of imidazole rings is 1. The molecule has 33 heavy (non-hydrogen) atoms. The van der Waals surface area contributed by atoms with Crippen molar-refractivity contribution in [2.45, 2.75) is 12.6 Å². The minimum Gasteiger partial charge on any atom is -0.497 e. The van der Waals surface area contributed by atoms with Gasteiger partial charge in [-0.25, -0.2) is 4.98 Å². The lowest BCUT2D eigenvalue weighted by atomic mass is 10.0. The number of aromatic nitrogens is 2. The molecule has 1 atom stereocenters. The molecule has 1 saturated heterocycles. The van der Waals surface area contributed by atoms with Crippen LogP contribution in [0.4, 0.5) is 0 Å². The summed E-state index contributed by atoms with van der Waals surface area (Å²) in [5.74, 6) is 2.58. The molecule has 0 amide bonds. The first-order chi connectivity index (χ1) is 15.7. The Hall–Kier alpha value is -2.37. The molecule has 2 heterocycles.